The van der Waals surface area contributed by atoms with E-state index < -0.39 is 26.8 Å². The molecule has 0 amide bonds. The van der Waals surface area contributed by atoms with Crippen LogP contribution in [0.5, 0.6) is 5.75 Å². The topological polar surface area (TPSA) is 108 Å². The van der Waals surface area contributed by atoms with Gasteiger partial charge in [0.1, 0.15) is 10.8 Å². The highest BCUT2D eigenvalue weighted by Crippen LogP contribution is 2.50. The van der Waals surface area contributed by atoms with Crippen LogP contribution in [0.1, 0.15) is 12.0 Å². The lowest BCUT2D eigenvalue weighted by molar-refractivity contribution is -0.0500. The maximum atomic E-state index is 12.7. The van der Waals surface area contributed by atoms with Gasteiger partial charge in [0.25, 0.3) is 0 Å². The quantitative estimate of drug-likeness (QED) is 0.562. The number of aromatic nitrogens is 2. The van der Waals surface area contributed by atoms with Crippen molar-refractivity contribution in [2.75, 3.05) is 30.4 Å². The van der Waals surface area contributed by atoms with Crippen molar-refractivity contribution < 1.29 is 30.5 Å². The molecule has 2 aliphatic rings. The molecule has 1 saturated heterocycles. The SMILES string of the molecule is Nc1ncc(Cl)c(N2C[C@]3(CCOC3)c3ccc(OS(=O)(=O)C(F)(F)F)cc32)n1. The summed E-state index contributed by atoms with van der Waals surface area (Å²) in [7, 11) is -5.81. The number of hydrogen-bond acceptors (Lipinski definition) is 8. The van der Waals surface area contributed by atoms with Gasteiger partial charge < -0.3 is 19.6 Å². The maximum absolute atomic E-state index is 12.7. The van der Waals surface area contributed by atoms with E-state index in [1.54, 1.807) is 4.90 Å². The number of alkyl halides is 3. The minimum atomic E-state index is -5.81. The molecule has 4 rings (SSSR count). The summed E-state index contributed by atoms with van der Waals surface area (Å²) in [5.41, 5.74) is 0.842. The summed E-state index contributed by atoms with van der Waals surface area (Å²) in [5.74, 6) is -0.276. The molecule has 0 radical (unpaired) electrons. The van der Waals surface area contributed by atoms with Crippen LogP contribution in [0, 0.1) is 0 Å². The van der Waals surface area contributed by atoms with Gasteiger partial charge in [-0.2, -0.15) is 26.6 Å². The van der Waals surface area contributed by atoms with Gasteiger partial charge in [-0.15, -0.1) is 0 Å². The third-order valence-electron chi connectivity index (χ3n) is 4.88. The number of nitrogen functional groups attached to an aromatic ring is 1. The zero-order valence-corrected chi connectivity index (χ0v) is 16.2. The van der Waals surface area contributed by atoms with Gasteiger partial charge in [-0.25, -0.2) is 4.98 Å². The zero-order chi connectivity index (χ0) is 21.0. The molecular weight excluding hydrogens is 437 g/mol. The van der Waals surface area contributed by atoms with Gasteiger partial charge in [0.15, 0.2) is 5.82 Å². The molecule has 0 aliphatic carbocycles. The van der Waals surface area contributed by atoms with E-state index in [0.29, 0.717) is 31.9 Å². The number of benzene rings is 1. The summed E-state index contributed by atoms with van der Waals surface area (Å²) in [6, 6.07) is 3.92. The summed E-state index contributed by atoms with van der Waals surface area (Å²) in [5, 5.41) is 0.176. The van der Waals surface area contributed by atoms with Gasteiger partial charge >= 0.3 is 15.6 Å². The highest BCUT2D eigenvalue weighted by Gasteiger charge is 2.50. The van der Waals surface area contributed by atoms with Crippen molar-refractivity contribution in [2.24, 2.45) is 0 Å². The van der Waals surface area contributed by atoms with Crippen LogP contribution < -0.4 is 14.8 Å². The Labute approximate surface area is 168 Å². The predicted octanol–water partition coefficient (Wildman–Crippen LogP) is 2.75. The summed E-state index contributed by atoms with van der Waals surface area (Å²) in [6.07, 6.45) is 1.97. The van der Waals surface area contributed by atoms with E-state index in [4.69, 9.17) is 22.1 Å². The Hall–Kier alpha value is -2.31. The number of halogens is 4. The van der Waals surface area contributed by atoms with Crippen molar-refractivity contribution >= 4 is 39.2 Å². The van der Waals surface area contributed by atoms with E-state index >= 15 is 0 Å². The van der Waals surface area contributed by atoms with Gasteiger partial charge in [0.05, 0.1) is 18.5 Å². The highest BCUT2D eigenvalue weighted by molar-refractivity contribution is 7.88. The van der Waals surface area contributed by atoms with Gasteiger partial charge in [0, 0.05) is 24.6 Å². The minimum absolute atomic E-state index is 0.0402. The van der Waals surface area contributed by atoms with E-state index in [1.807, 2.05) is 0 Å². The van der Waals surface area contributed by atoms with Crippen LogP contribution in [0.2, 0.25) is 5.02 Å². The molecule has 1 atom stereocenters. The van der Waals surface area contributed by atoms with Gasteiger partial charge in [-0.05, 0) is 18.1 Å². The molecule has 0 unspecified atom stereocenters. The Kier molecular flexibility index (Phi) is 4.55. The average Bonchev–Trinajstić information content (AvgIpc) is 3.22. The van der Waals surface area contributed by atoms with Crippen molar-refractivity contribution in [2.45, 2.75) is 17.3 Å². The Bertz CT molecular complexity index is 1070. The fourth-order valence-electron chi connectivity index (χ4n) is 3.58. The fourth-order valence-corrected chi connectivity index (χ4v) is 4.22. The van der Waals surface area contributed by atoms with Crippen molar-refractivity contribution in [1.29, 1.82) is 0 Å². The molecular formula is C16H14ClF3N4O4S. The molecule has 8 nitrogen and oxygen atoms in total. The second kappa shape index (κ2) is 6.61. The molecule has 156 valence electrons. The number of anilines is 3. The first-order valence-electron chi connectivity index (χ1n) is 8.31. The Balaban J connectivity index is 1.81. The van der Waals surface area contributed by atoms with Crippen molar-refractivity contribution in [3.8, 4) is 5.75 Å². The summed E-state index contributed by atoms with van der Waals surface area (Å²) >= 11 is 6.21. The van der Waals surface area contributed by atoms with E-state index in [9.17, 15) is 21.6 Å². The van der Waals surface area contributed by atoms with Crippen LogP contribution in [-0.2, 0) is 20.3 Å². The number of ether oxygens (including phenoxy) is 1. The number of rotatable bonds is 3. The first kappa shape index (κ1) is 20.0. The minimum Gasteiger partial charge on any atom is -0.380 e. The zero-order valence-electron chi connectivity index (χ0n) is 14.6. The molecule has 1 spiro atoms. The van der Waals surface area contributed by atoms with Crippen LogP contribution in [0.15, 0.2) is 24.4 Å². The van der Waals surface area contributed by atoms with Gasteiger partial charge in [-0.1, -0.05) is 17.7 Å². The third kappa shape index (κ3) is 3.34. The van der Waals surface area contributed by atoms with E-state index in [1.165, 1.54) is 24.4 Å². The molecule has 2 N–H and O–H groups in total. The third-order valence-corrected chi connectivity index (χ3v) is 6.13. The fraction of sp³-hybridized carbons (Fsp3) is 0.375. The number of nitrogens with zero attached hydrogens (tertiary/aromatic N) is 3. The lowest BCUT2D eigenvalue weighted by atomic mass is 9.82. The number of nitrogens with two attached hydrogens (primary N) is 1. The molecule has 1 aromatic carbocycles. The van der Waals surface area contributed by atoms with Crippen molar-refractivity contribution in [1.82, 2.24) is 9.97 Å². The molecule has 1 fully saturated rings. The Morgan fingerprint density at radius 1 is 1.34 bits per heavy atom. The molecule has 13 heteroatoms. The smallest absolute Gasteiger partial charge is 0.380 e. The number of hydrogen-bond donors (Lipinski definition) is 1. The molecule has 0 saturated carbocycles. The highest BCUT2D eigenvalue weighted by atomic mass is 35.5. The van der Waals surface area contributed by atoms with Crippen LogP contribution in [-0.4, -0.2) is 43.7 Å². The van der Waals surface area contributed by atoms with E-state index in [-0.39, 0.29) is 16.8 Å². The van der Waals surface area contributed by atoms with Crippen LogP contribution in [0.3, 0.4) is 0 Å². The van der Waals surface area contributed by atoms with E-state index in [0.717, 1.165) is 5.56 Å². The first-order chi connectivity index (χ1) is 13.5. The molecule has 1 aromatic heterocycles. The Morgan fingerprint density at radius 3 is 2.76 bits per heavy atom. The standard InChI is InChI=1S/C16H14ClF3N4O4S/c17-11-6-22-14(21)23-13(11)24-7-15(3-4-27-8-15)10-2-1-9(5-12(10)24)28-29(25,26)16(18,19)20/h1-2,5-6H,3-4,7-8H2,(H2,21,22,23)/t15-/m0/s1. The van der Waals surface area contributed by atoms with Gasteiger partial charge in [0.2, 0.25) is 5.95 Å². The summed E-state index contributed by atoms with van der Waals surface area (Å²) in [4.78, 5) is 9.59. The second-order valence-corrected chi connectivity index (χ2v) is 8.68. The number of fused-ring (bicyclic) bond motifs is 2. The first-order valence-corrected chi connectivity index (χ1v) is 10.1. The van der Waals surface area contributed by atoms with Crippen molar-refractivity contribution in [3.63, 3.8) is 0 Å². The largest absolute Gasteiger partial charge is 0.534 e. The maximum Gasteiger partial charge on any atom is 0.534 e. The monoisotopic (exact) mass is 450 g/mol. The molecule has 2 aromatic rings. The second-order valence-electron chi connectivity index (χ2n) is 6.73. The predicted molar refractivity (Wildman–Crippen MR) is 97.6 cm³/mol. The van der Waals surface area contributed by atoms with Crippen LogP contribution >= 0.6 is 11.6 Å². The molecule has 2 aliphatic heterocycles. The molecule has 0 bridgehead atoms. The average molecular weight is 451 g/mol. The Morgan fingerprint density at radius 2 is 2.10 bits per heavy atom. The van der Waals surface area contributed by atoms with Crippen LogP contribution in [0.25, 0.3) is 0 Å². The molecule has 3 heterocycles. The summed E-state index contributed by atoms with van der Waals surface area (Å²) < 4.78 is 70.6. The normalized spacial score (nSPS) is 21.6. The van der Waals surface area contributed by atoms with Crippen molar-refractivity contribution in [3.05, 3.63) is 35.0 Å². The summed E-state index contributed by atoms with van der Waals surface area (Å²) in [6.45, 7) is 1.26. The van der Waals surface area contributed by atoms with E-state index in [2.05, 4.69) is 14.2 Å². The lowest BCUT2D eigenvalue weighted by Crippen LogP contribution is -2.32. The molecule has 29 heavy (non-hydrogen) atoms. The lowest BCUT2D eigenvalue weighted by Gasteiger charge is -2.24. The van der Waals surface area contributed by atoms with Gasteiger partial charge in [-0.3, -0.25) is 0 Å². The van der Waals surface area contributed by atoms with Crippen LogP contribution in [0.4, 0.5) is 30.6 Å².